The van der Waals surface area contributed by atoms with Crippen molar-refractivity contribution in [1.29, 1.82) is 0 Å². The quantitative estimate of drug-likeness (QED) is 0.688. The number of aliphatic hydroxyl groups is 1. The fraction of sp³-hybridized carbons (Fsp3) is 0.900. The number of nitrogens with one attached hydrogen (secondary N) is 2. The van der Waals surface area contributed by atoms with Crippen molar-refractivity contribution in [2.24, 2.45) is 16.7 Å². The van der Waals surface area contributed by atoms with Crippen molar-refractivity contribution in [3.63, 3.8) is 0 Å². The van der Waals surface area contributed by atoms with Crippen LogP contribution in [0, 0.1) is 16.7 Å². The molecule has 144 valence electrons. The van der Waals surface area contributed by atoms with E-state index in [1.54, 1.807) is 0 Å². The van der Waals surface area contributed by atoms with Gasteiger partial charge in [0.15, 0.2) is 0 Å². The van der Waals surface area contributed by atoms with Crippen molar-refractivity contribution in [3.05, 3.63) is 0 Å². The summed E-state index contributed by atoms with van der Waals surface area (Å²) in [6.07, 6.45) is 6.68. The van der Waals surface area contributed by atoms with Crippen molar-refractivity contribution in [1.82, 2.24) is 10.6 Å². The Morgan fingerprint density at radius 3 is 2.28 bits per heavy atom. The molecular formula is C20H36N2O3. The van der Waals surface area contributed by atoms with Gasteiger partial charge in [-0.25, -0.2) is 0 Å². The summed E-state index contributed by atoms with van der Waals surface area (Å²) >= 11 is 0. The fourth-order valence-corrected chi connectivity index (χ4v) is 4.26. The molecule has 0 spiro atoms. The molecule has 0 radical (unpaired) electrons. The first-order valence-electron chi connectivity index (χ1n) is 9.98. The average molecular weight is 353 g/mol. The van der Waals surface area contributed by atoms with Crippen LogP contribution in [0.15, 0.2) is 0 Å². The van der Waals surface area contributed by atoms with Gasteiger partial charge in [-0.2, -0.15) is 0 Å². The predicted molar refractivity (Wildman–Crippen MR) is 98.9 cm³/mol. The molecule has 0 aromatic heterocycles. The van der Waals surface area contributed by atoms with Crippen molar-refractivity contribution >= 4 is 11.8 Å². The van der Waals surface area contributed by atoms with Gasteiger partial charge < -0.3 is 15.7 Å². The van der Waals surface area contributed by atoms with E-state index in [4.69, 9.17) is 0 Å². The minimum atomic E-state index is -0.528. The first kappa shape index (κ1) is 20.2. The summed E-state index contributed by atoms with van der Waals surface area (Å²) in [5.74, 6) is -0.245. The molecule has 0 aromatic carbocycles. The van der Waals surface area contributed by atoms with Gasteiger partial charge in [0.25, 0.3) is 0 Å². The Morgan fingerprint density at radius 1 is 1.16 bits per heavy atom. The minimum Gasteiger partial charge on any atom is -0.392 e. The molecule has 0 aromatic rings. The molecule has 5 nitrogen and oxygen atoms in total. The second kappa shape index (κ2) is 8.07. The van der Waals surface area contributed by atoms with Gasteiger partial charge in [-0.15, -0.1) is 0 Å². The minimum absolute atomic E-state index is 0.0491. The van der Waals surface area contributed by atoms with Crippen LogP contribution in [0.1, 0.15) is 79.1 Å². The number of carbonyl (C=O) groups is 2. The third-order valence-electron chi connectivity index (χ3n) is 6.49. The topological polar surface area (TPSA) is 78.4 Å². The van der Waals surface area contributed by atoms with Crippen molar-refractivity contribution in [2.75, 3.05) is 6.54 Å². The van der Waals surface area contributed by atoms with E-state index in [1.165, 1.54) is 0 Å². The zero-order chi connectivity index (χ0) is 18.7. The molecule has 0 bridgehead atoms. The van der Waals surface area contributed by atoms with Crippen LogP contribution < -0.4 is 10.6 Å². The lowest BCUT2D eigenvalue weighted by atomic mass is 9.54. The molecule has 1 unspecified atom stereocenters. The van der Waals surface area contributed by atoms with Crippen LogP contribution in [0.3, 0.4) is 0 Å². The second-order valence-corrected chi connectivity index (χ2v) is 8.97. The fourth-order valence-electron chi connectivity index (χ4n) is 4.26. The van der Waals surface area contributed by atoms with Crippen LogP contribution in [0.5, 0.6) is 0 Å². The van der Waals surface area contributed by atoms with Crippen molar-refractivity contribution < 1.29 is 14.7 Å². The molecule has 2 aliphatic carbocycles. The highest BCUT2D eigenvalue weighted by molar-refractivity contribution is 5.84. The van der Waals surface area contributed by atoms with E-state index >= 15 is 0 Å². The standard InChI is InChI=1S/C20H36N2O3/c1-5-14(22-17(24)15-9-6-7-10-16(15)23)13-21-18(25)20(11-8-12-20)19(2,3)4/h14-16,23H,5-13H2,1-4H3,(H,21,25)(H,22,24)/t14?,15-,16-/m1/s1. The lowest BCUT2D eigenvalue weighted by molar-refractivity contribution is -0.146. The van der Waals surface area contributed by atoms with E-state index in [9.17, 15) is 14.7 Å². The number of carbonyl (C=O) groups excluding carboxylic acids is 2. The lowest BCUT2D eigenvalue weighted by Crippen LogP contribution is -2.56. The Balaban J connectivity index is 1.87. The summed E-state index contributed by atoms with van der Waals surface area (Å²) in [6.45, 7) is 8.87. The van der Waals surface area contributed by atoms with Gasteiger partial charge in [0.05, 0.1) is 17.4 Å². The molecule has 2 amide bonds. The first-order chi connectivity index (χ1) is 11.7. The highest BCUT2D eigenvalue weighted by Crippen LogP contribution is 2.53. The third-order valence-corrected chi connectivity index (χ3v) is 6.49. The zero-order valence-corrected chi connectivity index (χ0v) is 16.4. The van der Waals surface area contributed by atoms with Gasteiger partial charge in [0.1, 0.15) is 0 Å². The Kier molecular flexibility index (Phi) is 6.52. The number of aliphatic hydroxyl groups excluding tert-OH is 1. The maximum absolute atomic E-state index is 12.8. The summed E-state index contributed by atoms with van der Waals surface area (Å²) in [4.78, 5) is 25.3. The summed E-state index contributed by atoms with van der Waals surface area (Å²) in [5, 5.41) is 16.2. The van der Waals surface area contributed by atoms with Gasteiger partial charge >= 0.3 is 0 Å². The normalized spacial score (nSPS) is 27.1. The van der Waals surface area contributed by atoms with Crippen LogP contribution in [-0.4, -0.2) is 35.6 Å². The van der Waals surface area contributed by atoms with Crippen LogP contribution in [-0.2, 0) is 9.59 Å². The maximum Gasteiger partial charge on any atom is 0.226 e. The molecule has 0 heterocycles. The molecule has 2 aliphatic rings. The molecule has 2 rings (SSSR count). The Morgan fingerprint density at radius 2 is 1.80 bits per heavy atom. The monoisotopic (exact) mass is 352 g/mol. The van der Waals surface area contributed by atoms with Crippen LogP contribution in [0.2, 0.25) is 0 Å². The lowest BCUT2D eigenvalue weighted by Gasteiger charge is -2.50. The van der Waals surface area contributed by atoms with E-state index in [0.717, 1.165) is 44.9 Å². The number of hydrogen-bond acceptors (Lipinski definition) is 3. The Bertz CT molecular complexity index is 480. The third kappa shape index (κ3) is 4.36. The second-order valence-electron chi connectivity index (χ2n) is 8.97. The molecular weight excluding hydrogens is 316 g/mol. The van der Waals surface area contributed by atoms with Gasteiger partial charge in [-0.1, -0.05) is 47.0 Å². The molecule has 0 saturated heterocycles. The van der Waals surface area contributed by atoms with Gasteiger partial charge in [0, 0.05) is 12.6 Å². The van der Waals surface area contributed by atoms with Crippen LogP contribution in [0.4, 0.5) is 0 Å². The molecule has 25 heavy (non-hydrogen) atoms. The summed E-state index contributed by atoms with van der Waals surface area (Å²) in [5.41, 5.74) is -0.318. The zero-order valence-electron chi connectivity index (χ0n) is 16.4. The summed E-state index contributed by atoms with van der Waals surface area (Å²) in [6, 6.07) is -0.0809. The molecule has 0 aliphatic heterocycles. The van der Waals surface area contributed by atoms with Crippen molar-refractivity contribution in [3.8, 4) is 0 Å². The molecule has 2 saturated carbocycles. The van der Waals surface area contributed by atoms with Gasteiger partial charge in [-0.3, -0.25) is 9.59 Å². The van der Waals surface area contributed by atoms with E-state index in [1.807, 2.05) is 6.92 Å². The number of rotatable bonds is 6. The summed E-state index contributed by atoms with van der Waals surface area (Å²) in [7, 11) is 0. The highest BCUT2D eigenvalue weighted by atomic mass is 16.3. The number of amides is 2. The predicted octanol–water partition coefficient (Wildman–Crippen LogP) is 2.76. The molecule has 2 fully saturated rings. The van der Waals surface area contributed by atoms with Gasteiger partial charge in [-0.05, 0) is 37.5 Å². The SMILES string of the molecule is CCC(CNC(=O)C1(C(C)(C)C)CCC1)NC(=O)[C@@H]1CCCC[C@H]1O. The van der Waals surface area contributed by atoms with E-state index < -0.39 is 6.10 Å². The Hall–Kier alpha value is -1.10. The van der Waals surface area contributed by atoms with E-state index in [-0.39, 0.29) is 34.6 Å². The smallest absolute Gasteiger partial charge is 0.226 e. The number of hydrogen-bond donors (Lipinski definition) is 3. The largest absolute Gasteiger partial charge is 0.392 e. The highest BCUT2D eigenvalue weighted by Gasteiger charge is 2.52. The van der Waals surface area contributed by atoms with E-state index in [0.29, 0.717) is 13.0 Å². The Labute approximate surface area is 152 Å². The first-order valence-corrected chi connectivity index (χ1v) is 9.98. The van der Waals surface area contributed by atoms with Crippen molar-refractivity contribution in [2.45, 2.75) is 91.2 Å². The van der Waals surface area contributed by atoms with E-state index in [2.05, 4.69) is 31.4 Å². The summed E-state index contributed by atoms with van der Waals surface area (Å²) < 4.78 is 0. The maximum atomic E-state index is 12.8. The van der Waals surface area contributed by atoms with Crippen LogP contribution in [0.25, 0.3) is 0 Å². The molecule has 3 N–H and O–H groups in total. The molecule has 5 heteroatoms. The van der Waals surface area contributed by atoms with Crippen LogP contribution >= 0.6 is 0 Å². The average Bonchev–Trinajstić information content (AvgIpc) is 2.48. The molecule has 3 atom stereocenters. The van der Waals surface area contributed by atoms with Gasteiger partial charge in [0.2, 0.25) is 11.8 Å².